The molecule has 1 aromatic carbocycles. The number of amides is 1. The van der Waals surface area contributed by atoms with Crippen molar-refractivity contribution in [2.24, 2.45) is 0 Å². The van der Waals surface area contributed by atoms with E-state index in [2.05, 4.69) is 15.5 Å². The molecule has 0 bridgehead atoms. The minimum atomic E-state index is -3.64. The second-order valence-corrected chi connectivity index (χ2v) is 8.98. The topological polar surface area (TPSA) is 121 Å². The Labute approximate surface area is 170 Å². The molecule has 0 fully saturated rings. The summed E-state index contributed by atoms with van der Waals surface area (Å²) in [6.07, 6.45) is 0.557. The number of sulfonamides is 1. The van der Waals surface area contributed by atoms with Crippen LogP contribution in [0.5, 0.6) is 0 Å². The predicted octanol–water partition coefficient (Wildman–Crippen LogP) is 2.10. The first kappa shape index (κ1) is 22.6. The second-order valence-electron chi connectivity index (χ2n) is 6.83. The van der Waals surface area contributed by atoms with Crippen LogP contribution in [0.1, 0.15) is 42.0 Å². The Hall–Kier alpha value is -2.72. The quantitative estimate of drug-likeness (QED) is 0.629. The van der Waals surface area contributed by atoms with Crippen molar-refractivity contribution in [1.29, 1.82) is 0 Å². The van der Waals surface area contributed by atoms with Crippen LogP contribution in [0, 0.1) is 6.92 Å². The van der Waals surface area contributed by atoms with Gasteiger partial charge < -0.3 is 10.1 Å². The molecule has 0 radical (unpaired) electrons. The first-order chi connectivity index (χ1) is 13.6. The number of aromatic nitrogens is 2. The van der Waals surface area contributed by atoms with Crippen molar-refractivity contribution in [2.75, 3.05) is 19.4 Å². The number of carbonyl (C=O) groups is 2. The van der Waals surface area contributed by atoms with Crippen LogP contribution in [0.4, 0.5) is 5.69 Å². The van der Waals surface area contributed by atoms with Crippen LogP contribution < -0.4 is 5.32 Å². The summed E-state index contributed by atoms with van der Waals surface area (Å²) in [7, 11) is -0.792. The molecule has 2 rings (SSSR count). The molecular weight excluding hydrogens is 396 g/mol. The van der Waals surface area contributed by atoms with Crippen molar-refractivity contribution >= 4 is 27.6 Å². The van der Waals surface area contributed by atoms with Gasteiger partial charge in [0.15, 0.2) is 11.8 Å². The van der Waals surface area contributed by atoms with Crippen LogP contribution in [-0.2, 0) is 26.0 Å². The third kappa shape index (κ3) is 5.42. The van der Waals surface area contributed by atoms with Gasteiger partial charge in [-0.2, -0.15) is 5.10 Å². The van der Waals surface area contributed by atoms with Gasteiger partial charge in [0.05, 0.1) is 4.90 Å². The smallest absolute Gasteiger partial charge is 0.359 e. The molecule has 2 aromatic rings. The van der Waals surface area contributed by atoms with E-state index in [-0.39, 0.29) is 10.6 Å². The van der Waals surface area contributed by atoms with Crippen molar-refractivity contribution in [3.05, 3.63) is 41.2 Å². The maximum absolute atomic E-state index is 12.5. The van der Waals surface area contributed by atoms with Gasteiger partial charge in [0.25, 0.3) is 5.91 Å². The summed E-state index contributed by atoms with van der Waals surface area (Å²) in [6, 6.07) is 6.04. The lowest BCUT2D eigenvalue weighted by atomic mass is 10.2. The Bertz CT molecular complexity index is 998. The molecule has 1 aromatic heterocycles. The number of rotatable bonds is 8. The summed E-state index contributed by atoms with van der Waals surface area (Å²) in [5, 5.41) is 9.27. The van der Waals surface area contributed by atoms with E-state index < -0.39 is 28.0 Å². The molecular formula is C19H26N4O5S. The van der Waals surface area contributed by atoms with Gasteiger partial charge in [0.1, 0.15) is 0 Å². The standard InChI is InChI=1S/C19H26N4O5S/c1-6-7-14-10-17(22-21-14)19(25)28-13(3)18(24)20-16-11-15(9-8-12(16)2)29(26,27)23(4)5/h8-11,13H,6-7H2,1-5H3,(H,20,24)(H,21,22). The molecule has 29 heavy (non-hydrogen) atoms. The number of carbonyl (C=O) groups excluding carboxylic acids is 2. The number of hydrogen-bond donors (Lipinski definition) is 2. The summed E-state index contributed by atoms with van der Waals surface area (Å²) in [5.74, 6) is -1.29. The number of aryl methyl sites for hydroxylation is 2. The monoisotopic (exact) mass is 422 g/mol. The molecule has 0 saturated carbocycles. The van der Waals surface area contributed by atoms with Crippen molar-refractivity contribution < 1.29 is 22.7 Å². The normalized spacial score (nSPS) is 12.6. The first-order valence-electron chi connectivity index (χ1n) is 9.15. The zero-order valence-electron chi connectivity index (χ0n) is 17.1. The number of benzene rings is 1. The van der Waals surface area contributed by atoms with E-state index in [9.17, 15) is 18.0 Å². The highest BCUT2D eigenvalue weighted by Crippen LogP contribution is 2.22. The molecule has 0 saturated heterocycles. The van der Waals surface area contributed by atoms with Gasteiger partial charge in [0, 0.05) is 25.5 Å². The van der Waals surface area contributed by atoms with Crippen molar-refractivity contribution in [2.45, 2.75) is 44.6 Å². The molecule has 0 spiro atoms. The minimum Gasteiger partial charge on any atom is -0.448 e. The van der Waals surface area contributed by atoms with Gasteiger partial charge in [-0.1, -0.05) is 19.4 Å². The van der Waals surface area contributed by atoms with Gasteiger partial charge in [-0.15, -0.1) is 0 Å². The lowest BCUT2D eigenvalue weighted by Gasteiger charge is -2.16. The zero-order valence-corrected chi connectivity index (χ0v) is 18.0. The zero-order chi connectivity index (χ0) is 21.8. The van der Waals surface area contributed by atoms with E-state index in [0.717, 1.165) is 22.8 Å². The molecule has 0 aliphatic heterocycles. The van der Waals surface area contributed by atoms with Crippen LogP contribution >= 0.6 is 0 Å². The minimum absolute atomic E-state index is 0.0491. The number of hydrogen-bond acceptors (Lipinski definition) is 6. The van der Waals surface area contributed by atoms with Gasteiger partial charge >= 0.3 is 5.97 Å². The molecule has 10 heteroatoms. The van der Waals surface area contributed by atoms with Crippen LogP contribution in [0.2, 0.25) is 0 Å². The summed E-state index contributed by atoms with van der Waals surface area (Å²) in [5.41, 5.74) is 1.91. The fraction of sp³-hybridized carbons (Fsp3) is 0.421. The van der Waals surface area contributed by atoms with E-state index >= 15 is 0 Å². The molecule has 0 aliphatic carbocycles. The van der Waals surface area contributed by atoms with Gasteiger partial charge in [-0.25, -0.2) is 17.5 Å². The lowest BCUT2D eigenvalue weighted by Crippen LogP contribution is -2.30. The molecule has 1 atom stereocenters. The number of nitrogens with zero attached hydrogens (tertiary/aromatic N) is 2. The number of ether oxygens (including phenoxy) is 1. The molecule has 0 aliphatic rings. The maximum Gasteiger partial charge on any atom is 0.359 e. The third-order valence-electron chi connectivity index (χ3n) is 4.26. The summed E-state index contributed by atoms with van der Waals surface area (Å²) in [6.45, 7) is 5.17. The highest BCUT2D eigenvalue weighted by molar-refractivity contribution is 7.89. The Morgan fingerprint density at radius 2 is 1.97 bits per heavy atom. The first-order valence-corrected chi connectivity index (χ1v) is 10.6. The molecule has 1 amide bonds. The Morgan fingerprint density at radius 1 is 1.28 bits per heavy atom. The van der Waals surface area contributed by atoms with E-state index in [1.165, 1.54) is 33.2 Å². The number of H-pyrrole nitrogens is 1. The summed E-state index contributed by atoms with van der Waals surface area (Å²) >= 11 is 0. The molecule has 1 unspecified atom stereocenters. The van der Waals surface area contributed by atoms with E-state index in [1.807, 2.05) is 6.92 Å². The fourth-order valence-corrected chi connectivity index (χ4v) is 3.41. The summed E-state index contributed by atoms with van der Waals surface area (Å²) < 4.78 is 30.9. The number of aromatic amines is 1. The van der Waals surface area contributed by atoms with Crippen LogP contribution in [0.15, 0.2) is 29.2 Å². The Morgan fingerprint density at radius 3 is 2.59 bits per heavy atom. The second kappa shape index (κ2) is 9.19. The fourth-order valence-electron chi connectivity index (χ4n) is 2.48. The molecule has 9 nitrogen and oxygen atoms in total. The Balaban J connectivity index is 2.10. The highest BCUT2D eigenvalue weighted by Gasteiger charge is 2.23. The van der Waals surface area contributed by atoms with Crippen LogP contribution in [-0.4, -0.2) is 55.0 Å². The van der Waals surface area contributed by atoms with Gasteiger partial charge in [0.2, 0.25) is 10.0 Å². The SMILES string of the molecule is CCCc1cc(C(=O)OC(C)C(=O)Nc2cc(S(=O)(=O)N(C)C)ccc2C)n[nH]1. The van der Waals surface area contributed by atoms with Crippen molar-refractivity contribution in [3.8, 4) is 0 Å². The van der Waals surface area contributed by atoms with Gasteiger partial charge in [-0.05, 0) is 44.0 Å². The number of esters is 1. The summed E-state index contributed by atoms with van der Waals surface area (Å²) in [4.78, 5) is 24.7. The van der Waals surface area contributed by atoms with E-state index in [4.69, 9.17) is 4.74 Å². The number of nitrogens with one attached hydrogen (secondary N) is 2. The molecule has 2 N–H and O–H groups in total. The van der Waals surface area contributed by atoms with Gasteiger partial charge in [-0.3, -0.25) is 9.89 Å². The third-order valence-corrected chi connectivity index (χ3v) is 6.07. The van der Waals surface area contributed by atoms with Crippen molar-refractivity contribution in [1.82, 2.24) is 14.5 Å². The number of anilines is 1. The van der Waals surface area contributed by atoms with Crippen LogP contribution in [0.3, 0.4) is 0 Å². The lowest BCUT2D eigenvalue weighted by molar-refractivity contribution is -0.123. The van der Waals surface area contributed by atoms with E-state index in [1.54, 1.807) is 19.1 Å². The predicted molar refractivity (Wildman–Crippen MR) is 108 cm³/mol. The van der Waals surface area contributed by atoms with Crippen LogP contribution in [0.25, 0.3) is 0 Å². The van der Waals surface area contributed by atoms with Crippen molar-refractivity contribution in [3.63, 3.8) is 0 Å². The average molecular weight is 423 g/mol. The van der Waals surface area contributed by atoms with E-state index in [0.29, 0.717) is 11.3 Å². The molecule has 158 valence electrons. The average Bonchev–Trinajstić information content (AvgIpc) is 3.12. The molecule has 1 heterocycles. The Kier molecular flexibility index (Phi) is 7.15. The maximum atomic E-state index is 12.5. The largest absolute Gasteiger partial charge is 0.448 e. The highest BCUT2D eigenvalue weighted by atomic mass is 32.2.